The van der Waals surface area contributed by atoms with Gasteiger partial charge in [0.1, 0.15) is 6.61 Å². The summed E-state index contributed by atoms with van der Waals surface area (Å²) in [5, 5.41) is 9.15. The van der Waals surface area contributed by atoms with Crippen LogP contribution in [0.1, 0.15) is 21.5 Å². The molecular formula is C15H13BrO3. The van der Waals surface area contributed by atoms with Crippen LogP contribution < -0.4 is 0 Å². The standard InChI is InChI=1S/C15H13BrO3/c16-14-12(9-17)7-4-8-13(14)15(18)19-10-11-5-2-1-3-6-11/h1-8,17H,9-10H2. The smallest absolute Gasteiger partial charge is 0.339 e. The molecule has 0 aliphatic heterocycles. The first-order chi connectivity index (χ1) is 9.22. The van der Waals surface area contributed by atoms with Gasteiger partial charge in [0.15, 0.2) is 0 Å². The van der Waals surface area contributed by atoms with Crippen LogP contribution in [0.2, 0.25) is 0 Å². The summed E-state index contributed by atoms with van der Waals surface area (Å²) in [5.41, 5.74) is 2.02. The number of aliphatic hydroxyl groups excluding tert-OH is 1. The molecule has 19 heavy (non-hydrogen) atoms. The number of halogens is 1. The Hall–Kier alpha value is -1.65. The summed E-state index contributed by atoms with van der Waals surface area (Å²) in [6.07, 6.45) is 0. The first-order valence-electron chi connectivity index (χ1n) is 5.81. The summed E-state index contributed by atoms with van der Waals surface area (Å²) in [5.74, 6) is -0.411. The topological polar surface area (TPSA) is 46.5 Å². The summed E-state index contributed by atoms with van der Waals surface area (Å²) in [7, 11) is 0. The van der Waals surface area contributed by atoms with Gasteiger partial charge in [-0.15, -0.1) is 0 Å². The van der Waals surface area contributed by atoms with Gasteiger partial charge in [-0.1, -0.05) is 42.5 Å². The van der Waals surface area contributed by atoms with Crippen LogP contribution in [0, 0.1) is 0 Å². The third-order valence-electron chi connectivity index (χ3n) is 2.68. The first-order valence-corrected chi connectivity index (χ1v) is 6.61. The van der Waals surface area contributed by atoms with Crippen LogP contribution in [-0.4, -0.2) is 11.1 Å². The Labute approximate surface area is 120 Å². The van der Waals surface area contributed by atoms with E-state index in [-0.39, 0.29) is 13.2 Å². The zero-order chi connectivity index (χ0) is 13.7. The lowest BCUT2D eigenvalue weighted by atomic mass is 10.1. The number of rotatable bonds is 4. The number of hydrogen-bond acceptors (Lipinski definition) is 3. The number of ether oxygens (including phenoxy) is 1. The van der Waals surface area contributed by atoms with Crippen LogP contribution in [0.15, 0.2) is 53.0 Å². The van der Waals surface area contributed by atoms with E-state index in [0.29, 0.717) is 15.6 Å². The molecule has 0 heterocycles. The lowest BCUT2D eigenvalue weighted by Gasteiger charge is -2.08. The zero-order valence-corrected chi connectivity index (χ0v) is 11.8. The third kappa shape index (κ3) is 3.43. The van der Waals surface area contributed by atoms with Gasteiger partial charge in [0.2, 0.25) is 0 Å². The molecule has 2 rings (SSSR count). The van der Waals surface area contributed by atoms with E-state index < -0.39 is 5.97 Å². The molecule has 0 bridgehead atoms. The highest BCUT2D eigenvalue weighted by atomic mass is 79.9. The Kier molecular flexibility index (Phi) is 4.71. The maximum Gasteiger partial charge on any atom is 0.339 e. The van der Waals surface area contributed by atoms with Crippen molar-refractivity contribution in [3.63, 3.8) is 0 Å². The van der Waals surface area contributed by atoms with E-state index in [9.17, 15) is 4.79 Å². The predicted molar refractivity (Wildman–Crippen MR) is 75.6 cm³/mol. The molecule has 2 aromatic rings. The number of carbonyl (C=O) groups excluding carboxylic acids is 1. The summed E-state index contributed by atoms with van der Waals surface area (Å²) in [4.78, 5) is 12.0. The van der Waals surface area contributed by atoms with E-state index in [0.717, 1.165) is 5.56 Å². The highest BCUT2D eigenvalue weighted by molar-refractivity contribution is 9.10. The van der Waals surface area contributed by atoms with Crippen LogP contribution in [-0.2, 0) is 18.0 Å². The Morgan fingerprint density at radius 3 is 2.53 bits per heavy atom. The Morgan fingerprint density at radius 2 is 1.84 bits per heavy atom. The summed E-state index contributed by atoms with van der Waals surface area (Å²) in [6.45, 7) is 0.107. The second-order valence-electron chi connectivity index (χ2n) is 4.00. The number of carbonyl (C=O) groups is 1. The second-order valence-corrected chi connectivity index (χ2v) is 4.79. The average molecular weight is 321 g/mol. The van der Waals surface area contributed by atoms with Crippen LogP contribution in [0.25, 0.3) is 0 Å². The van der Waals surface area contributed by atoms with Crippen molar-refractivity contribution in [1.29, 1.82) is 0 Å². The molecule has 0 radical (unpaired) electrons. The van der Waals surface area contributed by atoms with Gasteiger partial charge in [0.25, 0.3) is 0 Å². The van der Waals surface area contributed by atoms with Crippen molar-refractivity contribution in [3.8, 4) is 0 Å². The van der Waals surface area contributed by atoms with Gasteiger partial charge in [0.05, 0.1) is 12.2 Å². The maximum atomic E-state index is 12.0. The molecule has 0 fully saturated rings. The minimum atomic E-state index is -0.411. The lowest BCUT2D eigenvalue weighted by molar-refractivity contribution is 0.0471. The van der Waals surface area contributed by atoms with E-state index >= 15 is 0 Å². The molecule has 2 aromatic carbocycles. The van der Waals surface area contributed by atoms with Crippen LogP contribution >= 0.6 is 15.9 Å². The van der Waals surface area contributed by atoms with Crippen molar-refractivity contribution in [2.75, 3.05) is 0 Å². The lowest BCUT2D eigenvalue weighted by Crippen LogP contribution is -2.07. The fraction of sp³-hybridized carbons (Fsp3) is 0.133. The Bertz CT molecular complexity index is 567. The molecule has 3 nitrogen and oxygen atoms in total. The molecule has 0 unspecified atom stereocenters. The van der Waals surface area contributed by atoms with Gasteiger partial charge in [0, 0.05) is 4.47 Å². The number of esters is 1. The van der Waals surface area contributed by atoms with Crippen molar-refractivity contribution in [2.24, 2.45) is 0 Å². The van der Waals surface area contributed by atoms with Crippen molar-refractivity contribution in [1.82, 2.24) is 0 Å². The van der Waals surface area contributed by atoms with Crippen LogP contribution in [0.4, 0.5) is 0 Å². The average Bonchev–Trinajstić information content (AvgIpc) is 2.46. The maximum absolute atomic E-state index is 12.0. The molecule has 0 saturated carbocycles. The minimum absolute atomic E-state index is 0.125. The normalized spacial score (nSPS) is 10.2. The van der Waals surface area contributed by atoms with Gasteiger partial charge in [-0.05, 0) is 33.1 Å². The van der Waals surface area contributed by atoms with E-state index in [2.05, 4.69) is 15.9 Å². The summed E-state index contributed by atoms with van der Waals surface area (Å²) in [6, 6.07) is 14.6. The van der Waals surface area contributed by atoms with Crippen molar-refractivity contribution in [3.05, 3.63) is 69.7 Å². The van der Waals surface area contributed by atoms with Gasteiger partial charge in [-0.3, -0.25) is 0 Å². The molecule has 98 valence electrons. The van der Waals surface area contributed by atoms with E-state index in [4.69, 9.17) is 9.84 Å². The zero-order valence-electron chi connectivity index (χ0n) is 10.2. The van der Waals surface area contributed by atoms with Gasteiger partial charge in [-0.25, -0.2) is 4.79 Å². The van der Waals surface area contributed by atoms with Gasteiger partial charge < -0.3 is 9.84 Å². The first kappa shape index (κ1) is 13.8. The van der Waals surface area contributed by atoms with Crippen molar-refractivity contribution < 1.29 is 14.6 Å². The summed E-state index contributed by atoms with van der Waals surface area (Å²) < 4.78 is 5.82. The Morgan fingerprint density at radius 1 is 1.11 bits per heavy atom. The fourth-order valence-electron chi connectivity index (χ4n) is 1.66. The Balaban J connectivity index is 2.08. The molecule has 0 atom stereocenters. The molecule has 0 aliphatic rings. The molecule has 1 N–H and O–H groups in total. The van der Waals surface area contributed by atoms with E-state index in [1.807, 2.05) is 30.3 Å². The van der Waals surface area contributed by atoms with E-state index in [1.54, 1.807) is 18.2 Å². The number of benzene rings is 2. The minimum Gasteiger partial charge on any atom is -0.457 e. The number of aliphatic hydroxyl groups is 1. The quantitative estimate of drug-likeness (QED) is 0.879. The van der Waals surface area contributed by atoms with Crippen molar-refractivity contribution >= 4 is 21.9 Å². The number of hydrogen-bond donors (Lipinski definition) is 1. The molecule has 0 aliphatic carbocycles. The van der Waals surface area contributed by atoms with Crippen molar-refractivity contribution in [2.45, 2.75) is 13.2 Å². The van der Waals surface area contributed by atoms with Gasteiger partial charge >= 0.3 is 5.97 Å². The van der Waals surface area contributed by atoms with Crippen LogP contribution in [0.3, 0.4) is 0 Å². The highest BCUT2D eigenvalue weighted by Crippen LogP contribution is 2.23. The van der Waals surface area contributed by atoms with Crippen LogP contribution in [0.5, 0.6) is 0 Å². The molecule has 0 saturated heterocycles. The summed E-state index contributed by atoms with van der Waals surface area (Å²) >= 11 is 3.31. The highest BCUT2D eigenvalue weighted by Gasteiger charge is 2.13. The molecule has 4 heteroatoms. The molecule has 0 amide bonds. The SMILES string of the molecule is O=C(OCc1ccccc1)c1cccc(CO)c1Br. The molecular weight excluding hydrogens is 308 g/mol. The third-order valence-corrected chi connectivity index (χ3v) is 3.62. The molecule has 0 aromatic heterocycles. The van der Waals surface area contributed by atoms with E-state index in [1.165, 1.54) is 0 Å². The molecule has 0 spiro atoms. The fourth-order valence-corrected chi connectivity index (χ4v) is 2.21. The second kappa shape index (κ2) is 6.50. The predicted octanol–water partition coefficient (Wildman–Crippen LogP) is 3.30. The largest absolute Gasteiger partial charge is 0.457 e. The monoisotopic (exact) mass is 320 g/mol. The van der Waals surface area contributed by atoms with Gasteiger partial charge in [-0.2, -0.15) is 0 Å².